The van der Waals surface area contributed by atoms with Gasteiger partial charge in [0, 0.05) is 5.25 Å². The molecule has 0 N–H and O–H groups in total. The number of benzene rings is 1. The lowest BCUT2D eigenvalue weighted by molar-refractivity contribution is 0.425. The molecule has 0 saturated heterocycles. The fraction of sp³-hybridized carbons (Fsp3) is 0.467. The van der Waals surface area contributed by atoms with Crippen LogP contribution in [0.4, 0.5) is 0 Å². The molecule has 106 valence electrons. The molecule has 1 aromatic carbocycles. The second kappa shape index (κ2) is 6.68. The Bertz CT molecular complexity index is 571. The summed E-state index contributed by atoms with van der Waals surface area (Å²) >= 11 is 3.42. The number of aryl methyl sites for hydroxylation is 1. The minimum atomic E-state index is 0.441. The van der Waals surface area contributed by atoms with Crippen molar-refractivity contribution in [2.75, 3.05) is 6.26 Å². The Hall–Kier alpha value is -0.940. The van der Waals surface area contributed by atoms with Crippen LogP contribution in [0.15, 0.2) is 33.9 Å². The summed E-state index contributed by atoms with van der Waals surface area (Å²) in [7, 11) is 0. The van der Waals surface area contributed by atoms with Crippen molar-refractivity contribution >= 4 is 23.5 Å². The lowest BCUT2D eigenvalue weighted by Gasteiger charge is -2.14. The molecule has 1 aromatic heterocycles. The Morgan fingerprint density at radius 2 is 2.15 bits per heavy atom. The predicted octanol–water partition coefficient (Wildman–Crippen LogP) is 4.49. The first-order valence-corrected chi connectivity index (χ1v) is 9.20. The van der Waals surface area contributed by atoms with E-state index in [2.05, 4.69) is 34.5 Å². The molecular formula is C15H18N2OS2. The maximum Gasteiger partial charge on any atom is 0.277 e. The second-order valence-corrected chi connectivity index (χ2v) is 6.97. The molecule has 1 unspecified atom stereocenters. The van der Waals surface area contributed by atoms with E-state index in [0.29, 0.717) is 10.5 Å². The van der Waals surface area contributed by atoms with Gasteiger partial charge in [0.15, 0.2) is 0 Å². The fourth-order valence-electron chi connectivity index (χ4n) is 2.59. The normalized spacial score (nSPS) is 18.6. The van der Waals surface area contributed by atoms with Crippen LogP contribution in [0.5, 0.6) is 0 Å². The minimum Gasteiger partial charge on any atom is -0.415 e. The average molecular weight is 306 g/mol. The van der Waals surface area contributed by atoms with Crippen molar-refractivity contribution in [1.29, 1.82) is 0 Å². The summed E-state index contributed by atoms with van der Waals surface area (Å²) in [4.78, 5) is 0. The molecule has 20 heavy (non-hydrogen) atoms. The van der Waals surface area contributed by atoms with Gasteiger partial charge in [-0.15, -0.1) is 10.2 Å². The summed E-state index contributed by atoms with van der Waals surface area (Å²) in [6, 6.07) is 8.76. The first-order chi connectivity index (χ1) is 9.86. The van der Waals surface area contributed by atoms with Crippen molar-refractivity contribution in [3.63, 3.8) is 0 Å². The molecule has 3 rings (SSSR count). The van der Waals surface area contributed by atoms with E-state index in [4.69, 9.17) is 4.42 Å². The van der Waals surface area contributed by atoms with E-state index >= 15 is 0 Å². The van der Waals surface area contributed by atoms with Crippen LogP contribution in [0.3, 0.4) is 0 Å². The van der Waals surface area contributed by atoms with Gasteiger partial charge >= 0.3 is 0 Å². The Labute approximate surface area is 127 Å². The molecule has 0 saturated carbocycles. The number of thioether (sulfide) groups is 2. The SMILES string of the molecule is CSCc1nnc(SC2CCCCc3ccccc32)o1. The molecule has 0 bridgehead atoms. The molecule has 0 spiro atoms. The van der Waals surface area contributed by atoms with Crippen molar-refractivity contribution in [1.82, 2.24) is 10.2 Å². The molecule has 2 aromatic rings. The van der Waals surface area contributed by atoms with Gasteiger partial charge in [-0.2, -0.15) is 11.8 Å². The number of hydrogen-bond donors (Lipinski definition) is 0. The van der Waals surface area contributed by atoms with Gasteiger partial charge in [0.2, 0.25) is 5.89 Å². The molecule has 0 amide bonds. The molecule has 1 aliphatic carbocycles. The summed E-state index contributed by atoms with van der Waals surface area (Å²) in [5.41, 5.74) is 2.92. The quantitative estimate of drug-likeness (QED) is 0.778. The van der Waals surface area contributed by atoms with Crippen LogP contribution in [0, 0.1) is 0 Å². The first-order valence-electron chi connectivity index (χ1n) is 6.92. The Morgan fingerprint density at radius 3 is 3.05 bits per heavy atom. The van der Waals surface area contributed by atoms with E-state index in [1.54, 1.807) is 23.5 Å². The van der Waals surface area contributed by atoms with Crippen molar-refractivity contribution in [3.8, 4) is 0 Å². The highest BCUT2D eigenvalue weighted by atomic mass is 32.2. The molecule has 1 aliphatic rings. The van der Waals surface area contributed by atoms with Gasteiger partial charge in [-0.05, 0) is 36.6 Å². The van der Waals surface area contributed by atoms with E-state index in [1.807, 2.05) is 6.26 Å². The van der Waals surface area contributed by atoms with Crippen LogP contribution in [0.25, 0.3) is 0 Å². The monoisotopic (exact) mass is 306 g/mol. The largest absolute Gasteiger partial charge is 0.415 e. The van der Waals surface area contributed by atoms with Crippen LogP contribution in [-0.4, -0.2) is 16.5 Å². The zero-order chi connectivity index (χ0) is 13.8. The van der Waals surface area contributed by atoms with Gasteiger partial charge in [0.25, 0.3) is 5.22 Å². The van der Waals surface area contributed by atoms with Gasteiger partial charge in [0.05, 0.1) is 5.75 Å². The lowest BCUT2D eigenvalue weighted by Crippen LogP contribution is -1.96. The van der Waals surface area contributed by atoms with E-state index in [0.717, 1.165) is 11.6 Å². The summed E-state index contributed by atoms with van der Waals surface area (Å²) in [5.74, 6) is 1.51. The molecule has 5 heteroatoms. The molecule has 3 nitrogen and oxygen atoms in total. The van der Waals surface area contributed by atoms with Crippen molar-refractivity contribution < 1.29 is 4.42 Å². The topological polar surface area (TPSA) is 38.9 Å². The molecule has 0 aliphatic heterocycles. The Morgan fingerprint density at radius 1 is 1.25 bits per heavy atom. The van der Waals surface area contributed by atoms with Gasteiger partial charge in [0.1, 0.15) is 0 Å². The number of rotatable bonds is 4. The molecule has 0 fully saturated rings. The van der Waals surface area contributed by atoms with Gasteiger partial charge in [-0.1, -0.05) is 42.4 Å². The van der Waals surface area contributed by atoms with E-state index in [9.17, 15) is 0 Å². The van der Waals surface area contributed by atoms with Crippen molar-refractivity contribution in [2.24, 2.45) is 0 Å². The van der Waals surface area contributed by atoms with Crippen molar-refractivity contribution in [3.05, 3.63) is 41.3 Å². The zero-order valence-electron chi connectivity index (χ0n) is 11.5. The number of hydrogen-bond acceptors (Lipinski definition) is 5. The van der Waals surface area contributed by atoms with Gasteiger partial charge in [-0.3, -0.25) is 0 Å². The van der Waals surface area contributed by atoms with E-state index in [-0.39, 0.29) is 0 Å². The maximum absolute atomic E-state index is 5.70. The highest BCUT2D eigenvalue weighted by Crippen LogP contribution is 2.41. The highest BCUT2D eigenvalue weighted by molar-refractivity contribution is 7.99. The van der Waals surface area contributed by atoms with Crippen LogP contribution < -0.4 is 0 Å². The van der Waals surface area contributed by atoms with Gasteiger partial charge in [-0.25, -0.2) is 0 Å². The Kier molecular flexibility index (Phi) is 4.68. The minimum absolute atomic E-state index is 0.441. The number of nitrogens with zero attached hydrogens (tertiary/aromatic N) is 2. The average Bonchev–Trinajstić information content (AvgIpc) is 2.80. The highest BCUT2D eigenvalue weighted by Gasteiger charge is 2.21. The maximum atomic E-state index is 5.70. The van der Waals surface area contributed by atoms with E-state index < -0.39 is 0 Å². The molecule has 1 atom stereocenters. The summed E-state index contributed by atoms with van der Waals surface area (Å²) in [6.07, 6.45) is 6.95. The first kappa shape index (κ1) is 14.0. The predicted molar refractivity (Wildman–Crippen MR) is 84.1 cm³/mol. The third-order valence-corrected chi connectivity index (χ3v) is 5.20. The van der Waals surface area contributed by atoms with Crippen LogP contribution in [0.1, 0.15) is 41.5 Å². The Balaban J connectivity index is 1.79. The molecule has 1 heterocycles. The lowest BCUT2D eigenvalue weighted by atomic mass is 10.0. The molecular weight excluding hydrogens is 288 g/mol. The summed E-state index contributed by atoms with van der Waals surface area (Å²) in [5, 5.41) is 9.40. The number of aromatic nitrogens is 2. The van der Waals surface area contributed by atoms with Crippen LogP contribution in [-0.2, 0) is 12.2 Å². The smallest absolute Gasteiger partial charge is 0.277 e. The summed E-state index contributed by atoms with van der Waals surface area (Å²) in [6.45, 7) is 0. The van der Waals surface area contributed by atoms with Gasteiger partial charge < -0.3 is 4.42 Å². The third kappa shape index (κ3) is 3.20. The van der Waals surface area contributed by atoms with Crippen molar-refractivity contribution in [2.45, 2.75) is 41.9 Å². The number of fused-ring (bicyclic) bond motifs is 1. The standard InChI is InChI=1S/C15H18N2OS2/c1-19-10-14-16-17-15(18-14)20-13-9-5-3-7-11-6-2-4-8-12(11)13/h2,4,6,8,13H,3,5,7,9-10H2,1H3. The third-order valence-electron chi connectivity index (χ3n) is 3.52. The van der Waals surface area contributed by atoms with E-state index in [1.165, 1.54) is 36.8 Å². The zero-order valence-corrected chi connectivity index (χ0v) is 13.2. The second-order valence-electron chi connectivity index (χ2n) is 4.95. The summed E-state index contributed by atoms with van der Waals surface area (Å²) < 4.78 is 5.70. The van der Waals surface area contributed by atoms with Crippen LogP contribution >= 0.6 is 23.5 Å². The fourth-order valence-corrected chi connectivity index (χ4v) is 4.07. The molecule has 0 radical (unpaired) electrons. The van der Waals surface area contributed by atoms with Crippen LogP contribution in [0.2, 0.25) is 0 Å².